The predicted octanol–water partition coefficient (Wildman–Crippen LogP) is 7.31. The lowest BCUT2D eigenvalue weighted by Crippen LogP contribution is -2.37. The lowest BCUT2D eigenvalue weighted by Gasteiger charge is -2.27. The van der Waals surface area contributed by atoms with Gasteiger partial charge in [0.2, 0.25) is 0 Å². The van der Waals surface area contributed by atoms with Gasteiger partial charge in [0.25, 0.3) is 7.82 Å². The molecule has 0 radical (unpaired) electrons. The van der Waals surface area contributed by atoms with Crippen LogP contribution in [-0.4, -0.2) is 69.2 Å². The zero-order valence-electron chi connectivity index (χ0n) is 26.5. The second-order valence-corrected chi connectivity index (χ2v) is 13.8. The SMILES string of the molecule is CCCCCCCCCCCCCCCCCCCCCCC(=O)OCC(O)COP(=O)([O-])OCC[N+](C)(C)C. The van der Waals surface area contributed by atoms with Crippen LogP contribution in [0.25, 0.3) is 0 Å². The summed E-state index contributed by atoms with van der Waals surface area (Å²) in [7, 11) is 1.26. The number of ether oxygens (including phenoxy) is 1. The van der Waals surface area contributed by atoms with Gasteiger partial charge in [-0.3, -0.25) is 9.36 Å². The van der Waals surface area contributed by atoms with Crippen LogP contribution in [-0.2, 0) is 23.1 Å². The van der Waals surface area contributed by atoms with Gasteiger partial charge < -0.3 is 28.3 Å². The summed E-state index contributed by atoms with van der Waals surface area (Å²) < 4.78 is 26.8. The molecule has 0 bridgehead atoms. The molecule has 0 rings (SSSR count). The van der Waals surface area contributed by atoms with E-state index < -0.39 is 20.5 Å². The molecule has 0 heterocycles. The maximum absolute atomic E-state index is 11.9. The summed E-state index contributed by atoms with van der Waals surface area (Å²) in [6.45, 7) is 1.97. The van der Waals surface area contributed by atoms with Crippen LogP contribution in [0.1, 0.15) is 142 Å². The molecule has 2 atom stereocenters. The van der Waals surface area contributed by atoms with E-state index in [-0.39, 0.29) is 19.2 Å². The fourth-order valence-corrected chi connectivity index (χ4v) is 5.21. The summed E-state index contributed by atoms with van der Waals surface area (Å²) in [6, 6.07) is 0. The van der Waals surface area contributed by atoms with Crippen molar-refractivity contribution in [2.75, 3.05) is 47.5 Å². The van der Waals surface area contributed by atoms with Gasteiger partial charge in [-0.2, -0.15) is 0 Å². The van der Waals surface area contributed by atoms with E-state index in [4.69, 9.17) is 9.26 Å². The number of hydrogen-bond acceptors (Lipinski definition) is 7. The third-order valence-electron chi connectivity index (χ3n) is 7.11. The Hall–Kier alpha value is -0.500. The van der Waals surface area contributed by atoms with Gasteiger partial charge in [-0.15, -0.1) is 0 Å². The molecule has 0 aromatic heterocycles. The van der Waals surface area contributed by atoms with Crippen molar-refractivity contribution in [1.29, 1.82) is 0 Å². The molecule has 240 valence electrons. The number of esters is 1. The first-order valence-corrected chi connectivity index (χ1v) is 17.8. The quantitative estimate of drug-likeness (QED) is 0.0403. The van der Waals surface area contributed by atoms with E-state index in [2.05, 4.69) is 11.4 Å². The largest absolute Gasteiger partial charge is 0.756 e. The highest BCUT2D eigenvalue weighted by Gasteiger charge is 2.16. The van der Waals surface area contributed by atoms with Crippen LogP contribution in [0.5, 0.6) is 0 Å². The summed E-state index contributed by atoms with van der Waals surface area (Å²) in [4.78, 5) is 23.6. The number of phosphoric ester groups is 1. The second-order valence-electron chi connectivity index (χ2n) is 12.4. The smallest absolute Gasteiger partial charge is 0.305 e. The van der Waals surface area contributed by atoms with E-state index in [0.29, 0.717) is 17.4 Å². The van der Waals surface area contributed by atoms with Gasteiger partial charge in [0, 0.05) is 6.42 Å². The molecule has 0 aliphatic heterocycles. The minimum atomic E-state index is -4.49. The number of quaternary nitrogens is 1. The summed E-state index contributed by atoms with van der Waals surface area (Å²) in [5, 5.41) is 9.84. The highest BCUT2D eigenvalue weighted by atomic mass is 31.2. The fraction of sp³-hybridized carbons (Fsp3) is 0.968. The molecule has 40 heavy (non-hydrogen) atoms. The fourth-order valence-electron chi connectivity index (χ4n) is 4.48. The first kappa shape index (κ1) is 39.5. The van der Waals surface area contributed by atoms with Gasteiger partial charge in [0.05, 0.1) is 27.7 Å². The molecule has 0 aromatic carbocycles. The van der Waals surface area contributed by atoms with Crippen LogP contribution < -0.4 is 4.89 Å². The number of aliphatic hydroxyl groups excluding tert-OH is 1. The molecule has 8 nitrogen and oxygen atoms in total. The Morgan fingerprint density at radius 2 is 1.10 bits per heavy atom. The number of carbonyl (C=O) groups is 1. The molecule has 0 fully saturated rings. The summed E-state index contributed by atoms with van der Waals surface area (Å²) in [5.74, 6) is -0.383. The van der Waals surface area contributed by atoms with Crippen molar-refractivity contribution in [2.24, 2.45) is 0 Å². The minimum Gasteiger partial charge on any atom is -0.756 e. The zero-order valence-corrected chi connectivity index (χ0v) is 27.4. The number of phosphoric acid groups is 1. The second kappa shape index (κ2) is 26.2. The Bertz CT molecular complexity index is 627. The molecule has 0 aromatic rings. The summed E-state index contributed by atoms with van der Waals surface area (Å²) in [6.07, 6.45) is 25.3. The van der Waals surface area contributed by atoms with E-state index in [1.54, 1.807) is 0 Å². The third kappa shape index (κ3) is 30.5. The predicted molar refractivity (Wildman–Crippen MR) is 162 cm³/mol. The Morgan fingerprint density at radius 1 is 0.700 bits per heavy atom. The van der Waals surface area contributed by atoms with Gasteiger partial charge in [-0.1, -0.05) is 129 Å². The third-order valence-corrected chi connectivity index (χ3v) is 8.07. The van der Waals surface area contributed by atoms with E-state index >= 15 is 0 Å². The van der Waals surface area contributed by atoms with Crippen LogP contribution >= 0.6 is 7.82 Å². The number of nitrogens with zero attached hydrogens (tertiary/aromatic N) is 1. The maximum atomic E-state index is 11.9. The molecular formula is C31H64NO7P. The van der Waals surface area contributed by atoms with Gasteiger partial charge >= 0.3 is 5.97 Å². The van der Waals surface area contributed by atoms with Crippen molar-refractivity contribution in [3.05, 3.63) is 0 Å². The number of hydrogen-bond donors (Lipinski definition) is 1. The van der Waals surface area contributed by atoms with Gasteiger partial charge in [0.15, 0.2) is 0 Å². The molecule has 0 spiro atoms. The minimum absolute atomic E-state index is 0.00512. The Kier molecular flexibility index (Phi) is 25.8. The molecular weight excluding hydrogens is 529 g/mol. The molecule has 2 unspecified atom stereocenters. The van der Waals surface area contributed by atoms with Crippen molar-refractivity contribution in [3.63, 3.8) is 0 Å². The zero-order chi connectivity index (χ0) is 30.0. The van der Waals surface area contributed by atoms with Crippen molar-refractivity contribution in [3.8, 4) is 0 Å². The van der Waals surface area contributed by atoms with Gasteiger partial charge in [0.1, 0.15) is 25.9 Å². The van der Waals surface area contributed by atoms with Crippen molar-refractivity contribution in [1.82, 2.24) is 0 Å². The number of carbonyl (C=O) groups excluding carboxylic acids is 1. The van der Waals surface area contributed by atoms with Crippen molar-refractivity contribution in [2.45, 2.75) is 148 Å². The molecule has 1 N–H and O–H groups in total. The van der Waals surface area contributed by atoms with Crippen molar-refractivity contribution >= 4 is 13.8 Å². The summed E-state index contributed by atoms with van der Waals surface area (Å²) in [5.41, 5.74) is 0. The maximum Gasteiger partial charge on any atom is 0.305 e. The molecule has 0 aliphatic rings. The standard InChI is InChI=1S/C31H64NO7P/c1-5-6-7-8-9-10-11-12-13-14-15-16-17-18-19-20-21-22-23-24-25-31(34)37-28-30(33)29-39-40(35,36)38-27-26-32(2,3)4/h30,33H,5-29H2,1-4H3. The number of rotatable bonds is 30. The number of aliphatic hydroxyl groups is 1. The summed E-state index contributed by atoms with van der Waals surface area (Å²) >= 11 is 0. The van der Waals surface area contributed by atoms with Crippen LogP contribution in [0.3, 0.4) is 0 Å². The topological polar surface area (TPSA) is 105 Å². The Balaban J connectivity index is 3.43. The Morgan fingerprint density at radius 3 is 1.50 bits per heavy atom. The van der Waals surface area contributed by atoms with Gasteiger partial charge in [-0.25, -0.2) is 0 Å². The Labute approximate surface area is 246 Å². The van der Waals surface area contributed by atoms with E-state index in [1.807, 2.05) is 21.1 Å². The molecule has 0 aliphatic carbocycles. The average molecular weight is 594 g/mol. The number of unbranched alkanes of at least 4 members (excludes halogenated alkanes) is 19. The monoisotopic (exact) mass is 593 g/mol. The molecule has 0 saturated carbocycles. The normalized spacial score (nSPS) is 14.2. The number of likely N-dealkylation sites (N-methyl/N-ethyl adjacent to an activating group) is 1. The van der Waals surface area contributed by atoms with Crippen molar-refractivity contribution < 1.29 is 37.6 Å². The lowest BCUT2D eigenvalue weighted by atomic mass is 10.0. The van der Waals surface area contributed by atoms with Gasteiger partial charge in [-0.05, 0) is 6.42 Å². The first-order valence-electron chi connectivity index (χ1n) is 16.3. The molecule has 0 amide bonds. The first-order chi connectivity index (χ1) is 19.1. The van der Waals surface area contributed by atoms with Crippen LogP contribution in [0.4, 0.5) is 0 Å². The van der Waals surface area contributed by atoms with E-state index in [1.165, 1.54) is 109 Å². The highest BCUT2D eigenvalue weighted by molar-refractivity contribution is 7.45. The van der Waals surface area contributed by atoms with E-state index in [0.717, 1.165) is 19.3 Å². The molecule has 9 heteroatoms. The molecule has 0 saturated heterocycles. The van der Waals surface area contributed by atoms with Crippen LogP contribution in [0, 0.1) is 0 Å². The lowest BCUT2D eigenvalue weighted by molar-refractivity contribution is -0.870. The van der Waals surface area contributed by atoms with Crippen LogP contribution in [0.2, 0.25) is 0 Å². The average Bonchev–Trinajstić information content (AvgIpc) is 2.88. The highest BCUT2D eigenvalue weighted by Crippen LogP contribution is 2.38. The van der Waals surface area contributed by atoms with E-state index in [9.17, 15) is 19.4 Å². The van der Waals surface area contributed by atoms with Crippen LogP contribution in [0.15, 0.2) is 0 Å².